The topological polar surface area (TPSA) is 55.1 Å². The molecule has 0 fully saturated rings. The molecular formula is C16H27ClN2O. The molecule has 0 aliphatic carbocycles. The Kier molecular flexibility index (Phi) is 7.84. The van der Waals surface area contributed by atoms with Crippen molar-refractivity contribution in [1.29, 1.82) is 0 Å². The largest absolute Gasteiger partial charge is 0.351 e. The molecule has 2 unspecified atom stereocenters. The van der Waals surface area contributed by atoms with E-state index in [0.717, 1.165) is 6.42 Å². The van der Waals surface area contributed by atoms with Crippen LogP contribution >= 0.6 is 12.4 Å². The summed E-state index contributed by atoms with van der Waals surface area (Å²) in [7, 11) is 0. The van der Waals surface area contributed by atoms with E-state index in [1.807, 2.05) is 13.8 Å². The van der Waals surface area contributed by atoms with Crippen LogP contribution in [-0.4, -0.2) is 11.9 Å². The fourth-order valence-corrected chi connectivity index (χ4v) is 2.29. The van der Waals surface area contributed by atoms with Gasteiger partial charge in [-0.2, -0.15) is 0 Å². The molecule has 0 aromatic heterocycles. The van der Waals surface area contributed by atoms with Gasteiger partial charge in [0.05, 0.1) is 6.04 Å². The van der Waals surface area contributed by atoms with E-state index in [9.17, 15) is 4.79 Å². The number of benzene rings is 1. The van der Waals surface area contributed by atoms with Crippen molar-refractivity contribution in [3.05, 3.63) is 34.4 Å². The molecular weight excluding hydrogens is 272 g/mol. The number of carbonyl (C=O) groups excluding carboxylic acids is 1. The van der Waals surface area contributed by atoms with Gasteiger partial charge in [0.2, 0.25) is 5.91 Å². The number of amides is 1. The van der Waals surface area contributed by atoms with Gasteiger partial charge in [0, 0.05) is 6.54 Å². The third-order valence-corrected chi connectivity index (χ3v) is 3.84. The predicted octanol–water partition coefficient (Wildman–Crippen LogP) is 3.02. The fraction of sp³-hybridized carbons (Fsp3) is 0.562. The first-order chi connectivity index (χ1) is 8.86. The minimum Gasteiger partial charge on any atom is -0.351 e. The SMILES string of the molecule is CCC(C)C(N)C(=O)NCc1c(C)cc(C)cc1C.Cl. The molecule has 4 heteroatoms. The molecule has 1 amide bonds. The van der Waals surface area contributed by atoms with Crippen LogP contribution in [0.25, 0.3) is 0 Å². The van der Waals surface area contributed by atoms with E-state index in [1.165, 1.54) is 22.3 Å². The lowest BCUT2D eigenvalue weighted by atomic mass is 9.98. The average Bonchev–Trinajstić information content (AvgIpc) is 2.35. The Morgan fingerprint density at radius 1 is 1.25 bits per heavy atom. The van der Waals surface area contributed by atoms with Gasteiger partial charge in [0.1, 0.15) is 0 Å². The maximum atomic E-state index is 12.0. The first kappa shape index (κ1) is 18.9. The van der Waals surface area contributed by atoms with Gasteiger partial charge in [-0.05, 0) is 43.4 Å². The van der Waals surface area contributed by atoms with E-state index in [0.29, 0.717) is 6.54 Å². The first-order valence-corrected chi connectivity index (χ1v) is 6.96. The van der Waals surface area contributed by atoms with Gasteiger partial charge in [-0.1, -0.05) is 38.0 Å². The quantitative estimate of drug-likeness (QED) is 0.878. The summed E-state index contributed by atoms with van der Waals surface area (Å²) in [5, 5.41) is 2.95. The molecule has 0 radical (unpaired) electrons. The molecule has 2 atom stereocenters. The molecule has 1 rings (SSSR count). The van der Waals surface area contributed by atoms with E-state index in [-0.39, 0.29) is 24.2 Å². The third-order valence-electron chi connectivity index (χ3n) is 3.84. The van der Waals surface area contributed by atoms with Crippen molar-refractivity contribution in [2.24, 2.45) is 11.7 Å². The highest BCUT2D eigenvalue weighted by Crippen LogP contribution is 2.16. The van der Waals surface area contributed by atoms with Gasteiger partial charge in [0.15, 0.2) is 0 Å². The molecule has 0 saturated carbocycles. The van der Waals surface area contributed by atoms with Crippen LogP contribution in [0.15, 0.2) is 12.1 Å². The van der Waals surface area contributed by atoms with E-state index < -0.39 is 6.04 Å². The molecule has 20 heavy (non-hydrogen) atoms. The van der Waals surface area contributed by atoms with Gasteiger partial charge in [-0.25, -0.2) is 0 Å². The molecule has 0 spiro atoms. The van der Waals surface area contributed by atoms with Crippen molar-refractivity contribution >= 4 is 18.3 Å². The van der Waals surface area contributed by atoms with Gasteiger partial charge < -0.3 is 11.1 Å². The zero-order chi connectivity index (χ0) is 14.6. The number of aryl methyl sites for hydroxylation is 3. The molecule has 3 nitrogen and oxygen atoms in total. The molecule has 3 N–H and O–H groups in total. The van der Waals surface area contributed by atoms with Gasteiger partial charge in [0.25, 0.3) is 0 Å². The summed E-state index contributed by atoms with van der Waals surface area (Å²) in [4.78, 5) is 12.0. The molecule has 114 valence electrons. The smallest absolute Gasteiger partial charge is 0.237 e. The maximum absolute atomic E-state index is 12.0. The first-order valence-electron chi connectivity index (χ1n) is 6.96. The standard InChI is InChI=1S/C16H26N2O.ClH/c1-6-11(3)15(17)16(19)18-9-14-12(4)7-10(2)8-13(14)5;/h7-8,11,15H,6,9,17H2,1-5H3,(H,18,19);1H. The lowest BCUT2D eigenvalue weighted by Crippen LogP contribution is -2.44. The van der Waals surface area contributed by atoms with Crippen molar-refractivity contribution < 1.29 is 4.79 Å². The lowest BCUT2D eigenvalue weighted by Gasteiger charge is -2.19. The molecule has 1 aromatic carbocycles. The van der Waals surface area contributed by atoms with E-state index in [1.54, 1.807) is 0 Å². The van der Waals surface area contributed by atoms with Crippen LogP contribution in [0, 0.1) is 26.7 Å². The summed E-state index contributed by atoms with van der Waals surface area (Å²) in [6, 6.07) is 3.86. The minimum absolute atomic E-state index is 0. The number of nitrogens with one attached hydrogen (secondary N) is 1. The minimum atomic E-state index is -0.420. The van der Waals surface area contributed by atoms with Crippen molar-refractivity contribution in [2.45, 2.75) is 53.6 Å². The molecule has 1 aromatic rings. The highest BCUT2D eigenvalue weighted by atomic mass is 35.5. The van der Waals surface area contributed by atoms with Crippen molar-refractivity contribution in [2.75, 3.05) is 0 Å². The number of carbonyl (C=O) groups is 1. The summed E-state index contributed by atoms with van der Waals surface area (Å²) < 4.78 is 0. The zero-order valence-corrected chi connectivity index (χ0v) is 13.9. The van der Waals surface area contributed by atoms with Crippen LogP contribution in [0.3, 0.4) is 0 Å². The van der Waals surface area contributed by atoms with E-state index >= 15 is 0 Å². The van der Waals surface area contributed by atoms with Gasteiger partial charge >= 0.3 is 0 Å². The fourth-order valence-electron chi connectivity index (χ4n) is 2.29. The van der Waals surface area contributed by atoms with E-state index in [2.05, 4.69) is 38.2 Å². The van der Waals surface area contributed by atoms with Crippen LogP contribution < -0.4 is 11.1 Å². The van der Waals surface area contributed by atoms with Gasteiger partial charge in [-0.15, -0.1) is 12.4 Å². The van der Waals surface area contributed by atoms with Crippen molar-refractivity contribution in [3.8, 4) is 0 Å². The monoisotopic (exact) mass is 298 g/mol. The van der Waals surface area contributed by atoms with Crippen molar-refractivity contribution in [3.63, 3.8) is 0 Å². The predicted molar refractivity (Wildman–Crippen MR) is 87.2 cm³/mol. The Morgan fingerprint density at radius 3 is 2.20 bits per heavy atom. The maximum Gasteiger partial charge on any atom is 0.237 e. The van der Waals surface area contributed by atoms with Crippen LogP contribution in [0.4, 0.5) is 0 Å². The van der Waals surface area contributed by atoms with Crippen LogP contribution in [0.5, 0.6) is 0 Å². The molecule has 0 aliphatic rings. The molecule has 0 bridgehead atoms. The third kappa shape index (κ3) is 4.80. The number of nitrogens with two attached hydrogens (primary N) is 1. The Balaban J connectivity index is 0.00000361. The normalized spacial score (nSPS) is 13.3. The van der Waals surface area contributed by atoms with Crippen LogP contribution in [0.2, 0.25) is 0 Å². The Hall–Kier alpha value is -1.06. The second-order valence-corrected chi connectivity index (χ2v) is 5.51. The highest BCUT2D eigenvalue weighted by molar-refractivity contribution is 5.85. The van der Waals surface area contributed by atoms with Crippen molar-refractivity contribution in [1.82, 2.24) is 5.32 Å². The second kappa shape index (κ2) is 8.28. The second-order valence-electron chi connectivity index (χ2n) is 5.51. The molecule has 0 saturated heterocycles. The Morgan fingerprint density at radius 2 is 1.75 bits per heavy atom. The van der Waals surface area contributed by atoms with E-state index in [4.69, 9.17) is 5.73 Å². The summed E-state index contributed by atoms with van der Waals surface area (Å²) >= 11 is 0. The number of hydrogen-bond donors (Lipinski definition) is 2. The number of halogens is 1. The summed E-state index contributed by atoms with van der Waals surface area (Å²) in [6.07, 6.45) is 0.914. The van der Waals surface area contributed by atoms with Gasteiger partial charge in [-0.3, -0.25) is 4.79 Å². The summed E-state index contributed by atoms with van der Waals surface area (Å²) in [5.41, 5.74) is 10.8. The number of hydrogen-bond acceptors (Lipinski definition) is 2. The lowest BCUT2D eigenvalue weighted by molar-refractivity contribution is -0.123. The zero-order valence-electron chi connectivity index (χ0n) is 13.1. The Bertz CT molecular complexity index is 437. The van der Waals surface area contributed by atoms with Crippen LogP contribution in [-0.2, 0) is 11.3 Å². The summed E-state index contributed by atoms with van der Waals surface area (Å²) in [5.74, 6) is 0.147. The molecule has 0 heterocycles. The molecule has 0 aliphatic heterocycles. The van der Waals surface area contributed by atoms with Crippen LogP contribution in [0.1, 0.15) is 42.5 Å². The highest BCUT2D eigenvalue weighted by Gasteiger charge is 2.19. The average molecular weight is 299 g/mol. The Labute approximate surface area is 128 Å². The number of rotatable bonds is 5. The summed E-state index contributed by atoms with van der Waals surface area (Å²) in [6.45, 7) is 10.9.